The number of hydrogen-bond donors (Lipinski definition) is 2. The Morgan fingerprint density at radius 2 is 2.29 bits per heavy atom. The maximum atomic E-state index is 10.6. The predicted molar refractivity (Wildman–Crippen MR) is 57.0 cm³/mol. The van der Waals surface area contributed by atoms with Gasteiger partial charge in [0.1, 0.15) is 6.04 Å². The topological polar surface area (TPSA) is 87.1 Å². The zero-order valence-corrected chi connectivity index (χ0v) is 9.30. The number of aliphatic carboxylic acids is 1. The van der Waals surface area contributed by atoms with Gasteiger partial charge in [-0.2, -0.15) is 17.0 Å². The van der Waals surface area contributed by atoms with Crippen molar-refractivity contribution < 1.29 is 9.90 Å². The van der Waals surface area contributed by atoms with Gasteiger partial charge in [0, 0.05) is 11.2 Å². The van der Waals surface area contributed by atoms with Crippen LogP contribution in [0.15, 0.2) is 0 Å². The van der Waals surface area contributed by atoms with E-state index in [1.54, 1.807) is 0 Å². The third kappa shape index (κ3) is 4.49. The summed E-state index contributed by atoms with van der Waals surface area (Å²) in [7, 11) is 0. The highest BCUT2D eigenvalue weighted by atomic mass is 32.2. The summed E-state index contributed by atoms with van der Waals surface area (Å²) >= 11 is 1.50. The normalized spacial score (nSPS) is 13.3. The molecule has 0 fully saturated rings. The Morgan fingerprint density at radius 3 is 2.71 bits per heavy atom. The van der Waals surface area contributed by atoms with E-state index < -0.39 is 16.8 Å². The van der Waals surface area contributed by atoms with Gasteiger partial charge < -0.3 is 10.8 Å². The maximum absolute atomic E-state index is 10.6. The summed E-state index contributed by atoms with van der Waals surface area (Å²) in [6, 6.07) is 1.18. The van der Waals surface area contributed by atoms with Crippen LogP contribution in [0.25, 0.3) is 0 Å². The van der Waals surface area contributed by atoms with E-state index in [-0.39, 0.29) is 0 Å². The van der Waals surface area contributed by atoms with Crippen LogP contribution in [0, 0.1) is 11.3 Å². The smallest absolute Gasteiger partial charge is 0.321 e. The van der Waals surface area contributed by atoms with Crippen molar-refractivity contribution in [3.63, 3.8) is 0 Å². The summed E-state index contributed by atoms with van der Waals surface area (Å²) < 4.78 is -0.485. The quantitative estimate of drug-likeness (QED) is 0.652. The van der Waals surface area contributed by atoms with Crippen LogP contribution in [0.4, 0.5) is 0 Å². The van der Waals surface area contributed by atoms with E-state index in [9.17, 15) is 4.79 Å². The van der Waals surface area contributed by atoms with E-state index in [0.29, 0.717) is 6.42 Å². The van der Waals surface area contributed by atoms with Gasteiger partial charge in [0.25, 0.3) is 0 Å². The first kappa shape index (κ1) is 13.3. The molecule has 0 spiro atoms. The number of unbranched alkanes of at least 4 members (excludes halogenated alkanes) is 1. The molecule has 0 heterocycles. The molecular formula is C9H16N2O2S. The number of carbonyl (C=O) groups is 1. The average molecular weight is 216 g/mol. The van der Waals surface area contributed by atoms with E-state index in [1.807, 2.05) is 19.9 Å². The van der Waals surface area contributed by atoms with E-state index >= 15 is 0 Å². The summed E-state index contributed by atoms with van der Waals surface area (Å²) in [4.78, 5) is 10.6. The lowest BCUT2D eigenvalue weighted by atomic mass is 10.1. The van der Waals surface area contributed by atoms with Crippen LogP contribution in [0.5, 0.6) is 0 Å². The number of carboxylic acid groups (broad SMARTS) is 1. The molecule has 0 aromatic rings. The molecule has 0 aliphatic rings. The van der Waals surface area contributed by atoms with Crippen LogP contribution >= 0.6 is 11.8 Å². The molecule has 0 aliphatic heterocycles. The molecule has 14 heavy (non-hydrogen) atoms. The number of rotatable bonds is 6. The molecule has 5 heteroatoms. The number of nitriles is 1. The molecule has 0 saturated carbocycles. The van der Waals surface area contributed by atoms with Gasteiger partial charge in [0.15, 0.2) is 0 Å². The molecule has 80 valence electrons. The van der Waals surface area contributed by atoms with Crippen molar-refractivity contribution in [3.8, 4) is 6.07 Å². The van der Waals surface area contributed by atoms with Crippen LogP contribution < -0.4 is 5.73 Å². The SMILES string of the molecule is CC(C)(SCCCC#N)[C@@H](N)C(=O)O. The molecular weight excluding hydrogens is 200 g/mol. The van der Waals surface area contributed by atoms with E-state index in [2.05, 4.69) is 0 Å². The number of thioether (sulfide) groups is 1. The lowest BCUT2D eigenvalue weighted by Crippen LogP contribution is -2.46. The third-order valence-electron chi connectivity index (χ3n) is 1.92. The Morgan fingerprint density at radius 1 is 1.71 bits per heavy atom. The second-order valence-electron chi connectivity index (χ2n) is 3.53. The summed E-state index contributed by atoms with van der Waals surface area (Å²) in [5, 5.41) is 17.0. The number of nitrogens with two attached hydrogens (primary N) is 1. The first-order chi connectivity index (χ1) is 6.41. The Kier molecular flexibility index (Phi) is 5.58. The molecule has 4 nitrogen and oxygen atoms in total. The molecule has 0 saturated heterocycles. The molecule has 3 N–H and O–H groups in total. The molecule has 0 bridgehead atoms. The molecule has 0 rings (SSSR count). The first-order valence-electron chi connectivity index (χ1n) is 4.41. The second-order valence-corrected chi connectivity index (χ2v) is 5.28. The zero-order chi connectivity index (χ0) is 11.2. The van der Waals surface area contributed by atoms with Crippen LogP contribution in [0.2, 0.25) is 0 Å². The Labute approximate surface area is 88.5 Å². The molecule has 0 unspecified atom stereocenters. The van der Waals surface area contributed by atoms with Gasteiger partial charge in [-0.05, 0) is 26.0 Å². The van der Waals surface area contributed by atoms with Crippen molar-refractivity contribution in [2.24, 2.45) is 5.73 Å². The van der Waals surface area contributed by atoms with Gasteiger partial charge in [-0.1, -0.05) is 0 Å². The lowest BCUT2D eigenvalue weighted by molar-refractivity contribution is -0.139. The number of carboxylic acids is 1. The van der Waals surface area contributed by atoms with Gasteiger partial charge in [-0.15, -0.1) is 0 Å². The molecule has 0 amide bonds. The van der Waals surface area contributed by atoms with Gasteiger partial charge >= 0.3 is 5.97 Å². The van der Waals surface area contributed by atoms with Crippen LogP contribution in [-0.2, 0) is 4.79 Å². The number of hydrogen-bond acceptors (Lipinski definition) is 4. The molecule has 1 atom stereocenters. The second kappa shape index (κ2) is 5.89. The van der Waals surface area contributed by atoms with Crippen molar-refractivity contribution in [1.82, 2.24) is 0 Å². The molecule has 0 aliphatic carbocycles. The van der Waals surface area contributed by atoms with Crippen molar-refractivity contribution in [2.75, 3.05) is 5.75 Å². The minimum atomic E-state index is -0.984. The van der Waals surface area contributed by atoms with Gasteiger partial charge in [0.2, 0.25) is 0 Å². The van der Waals surface area contributed by atoms with Crippen LogP contribution in [-0.4, -0.2) is 27.6 Å². The van der Waals surface area contributed by atoms with Gasteiger partial charge in [-0.25, -0.2) is 0 Å². The maximum Gasteiger partial charge on any atom is 0.321 e. The average Bonchev–Trinajstić information content (AvgIpc) is 2.11. The van der Waals surface area contributed by atoms with Crippen molar-refractivity contribution in [2.45, 2.75) is 37.5 Å². The lowest BCUT2D eigenvalue weighted by Gasteiger charge is -2.27. The molecule has 0 aromatic carbocycles. The first-order valence-corrected chi connectivity index (χ1v) is 5.39. The molecule has 0 aromatic heterocycles. The van der Waals surface area contributed by atoms with Gasteiger partial charge in [-0.3, -0.25) is 4.79 Å². The molecule has 0 radical (unpaired) electrons. The third-order valence-corrected chi connectivity index (χ3v) is 3.41. The van der Waals surface area contributed by atoms with Crippen molar-refractivity contribution in [1.29, 1.82) is 5.26 Å². The Bertz CT molecular complexity index is 235. The summed E-state index contributed by atoms with van der Waals surface area (Å²) in [5.41, 5.74) is 5.52. The highest BCUT2D eigenvalue weighted by Crippen LogP contribution is 2.28. The fourth-order valence-electron chi connectivity index (χ4n) is 0.874. The van der Waals surface area contributed by atoms with Gasteiger partial charge in [0.05, 0.1) is 6.07 Å². The summed E-state index contributed by atoms with van der Waals surface area (Å²) in [5.74, 6) is -0.218. The highest BCUT2D eigenvalue weighted by molar-refractivity contribution is 8.00. The standard InChI is InChI=1S/C9H16N2O2S/c1-9(2,7(11)8(12)13)14-6-4-3-5-10/h7H,3-4,6,11H2,1-2H3,(H,12,13)/t7-/m0/s1. The van der Waals surface area contributed by atoms with Crippen LogP contribution in [0.1, 0.15) is 26.7 Å². The monoisotopic (exact) mass is 216 g/mol. The fraction of sp³-hybridized carbons (Fsp3) is 0.778. The fourth-order valence-corrected chi connectivity index (χ4v) is 1.97. The zero-order valence-electron chi connectivity index (χ0n) is 8.49. The Balaban J connectivity index is 3.95. The minimum absolute atomic E-state index is 0.485. The predicted octanol–water partition coefficient (Wildman–Crippen LogP) is 1.21. The summed E-state index contributed by atoms with van der Waals surface area (Å²) in [6.45, 7) is 3.62. The van der Waals surface area contributed by atoms with Crippen LogP contribution in [0.3, 0.4) is 0 Å². The Hall–Kier alpha value is -0.730. The van der Waals surface area contributed by atoms with E-state index in [4.69, 9.17) is 16.1 Å². The number of nitrogens with zero attached hydrogens (tertiary/aromatic N) is 1. The summed E-state index contributed by atoms with van der Waals surface area (Å²) in [6.07, 6.45) is 1.28. The van der Waals surface area contributed by atoms with E-state index in [1.165, 1.54) is 11.8 Å². The van der Waals surface area contributed by atoms with E-state index in [0.717, 1.165) is 12.2 Å². The van der Waals surface area contributed by atoms with Crippen molar-refractivity contribution in [3.05, 3.63) is 0 Å². The van der Waals surface area contributed by atoms with Crippen molar-refractivity contribution >= 4 is 17.7 Å². The minimum Gasteiger partial charge on any atom is -0.480 e. The highest BCUT2D eigenvalue weighted by Gasteiger charge is 2.32. The largest absolute Gasteiger partial charge is 0.480 e.